The summed E-state index contributed by atoms with van der Waals surface area (Å²) in [5.74, 6) is -4.18. The Morgan fingerprint density at radius 1 is 1.23 bits per heavy atom. The van der Waals surface area contributed by atoms with Crippen LogP contribution in [0.5, 0.6) is 0 Å². The van der Waals surface area contributed by atoms with Crippen LogP contribution in [0, 0.1) is 25.3 Å². The van der Waals surface area contributed by atoms with Crippen LogP contribution < -0.4 is 113 Å². The Hall–Kier alpha value is 0.913. The Kier molecular flexibility index (Phi) is 10.4. The predicted molar refractivity (Wildman–Crippen MR) is 63.1 cm³/mol. The standard InChI is InChI=1S/C13H15N3O4.2K/c1-7-11(14-2)6-15-16(7)10-4-8(12(17)18)3-9(5-10)13(19)20;;/h6,8-10H,3-5H2,1H3,(H,17,18)(H,19,20);;/q;2*+1/p-2. The molecule has 1 aromatic heterocycles. The number of nitrogens with zero attached hydrogens (tertiary/aromatic N) is 3. The average molecular weight is 353 g/mol. The molecular formula is C13H13K2N3O4. The molecule has 1 fully saturated rings. The normalized spacial score (nSPS) is 23.5. The first-order valence-corrected chi connectivity index (χ1v) is 6.27. The van der Waals surface area contributed by atoms with Gasteiger partial charge >= 0.3 is 103 Å². The molecule has 7 nitrogen and oxygen atoms in total. The zero-order valence-electron chi connectivity index (χ0n) is 12.9. The van der Waals surface area contributed by atoms with Crippen molar-refractivity contribution in [1.82, 2.24) is 9.78 Å². The summed E-state index contributed by atoms with van der Waals surface area (Å²) < 4.78 is 1.54. The van der Waals surface area contributed by atoms with Crippen molar-refractivity contribution >= 4 is 17.6 Å². The molecular weight excluding hydrogens is 340 g/mol. The molecule has 0 amide bonds. The second kappa shape index (κ2) is 10.0. The molecule has 0 radical (unpaired) electrons. The molecule has 0 bridgehead atoms. The van der Waals surface area contributed by atoms with Crippen molar-refractivity contribution in [3.63, 3.8) is 0 Å². The summed E-state index contributed by atoms with van der Waals surface area (Å²) in [5, 5.41) is 26.2. The van der Waals surface area contributed by atoms with Gasteiger partial charge in [0.15, 0.2) is 0 Å². The van der Waals surface area contributed by atoms with E-state index in [0.717, 1.165) is 0 Å². The zero-order chi connectivity index (χ0) is 14.9. The van der Waals surface area contributed by atoms with E-state index in [1.807, 2.05) is 0 Å². The second-order valence-corrected chi connectivity index (χ2v) is 5.06. The maximum atomic E-state index is 11.0. The first kappa shape index (κ1) is 22.9. The minimum Gasteiger partial charge on any atom is -0.550 e. The molecule has 2 rings (SSSR count). The monoisotopic (exact) mass is 353 g/mol. The van der Waals surface area contributed by atoms with Crippen molar-refractivity contribution in [2.75, 3.05) is 0 Å². The van der Waals surface area contributed by atoms with Crippen molar-refractivity contribution in [3.8, 4) is 0 Å². The fourth-order valence-electron chi connectivity index (χ4n) is 2.77. The minimum atomic E-state index is -1.25. The average Bonchev–Trinajstić information content (AvgIpc) is 2.79. The van der Waals surface area contributed by atoms with Crippen molar-refractivity contribution in [1.29, 1.82) is 0 Å². The fourth-order valence-corrected chi connectivity index (χ4v) is 2.77. The summed E-state index contributed by atoms with van der Waals surface area (Å²) in [6.07, 6.45) is 1.94. The maximum absolute atomic E-state index is 11.0. The SMILES string of the molecule is [C-]#[N+]c1cnn(C2CC(C(=O)[O-])CC(C(=O)[O-])C2)c1C.[K+].[K+]. The third kappa shape index (κ3) is 5.21. The van der Waals surface area contributed by atoms with Crippen LogP contribution in [0.25, 0.3) is 4.85 Å². The van der Waals surface area contributed by atoms with Gasteiger partial charge in [0.2, 0.25) is 5.69 Å². The Balaban J connectivity index is 0.00000220. The Morgan fingerprint density at radius 3 is 2.09 bits per heavy atom. The quantitative estimate of drug-likeness (QED) is 0.397. The van der Waals surface area contributed by atoms with Crippen LogP contribution in [0.3, 0.4) is 0 Å². The van der Waals surface area contributed by atoms with Crippen LogP contribution >= 0.6 is 0 Å². The number of carboxylic acids is 2. The van der Waals surface area contributed by atoms with Gasteiger partial charge in [-0.1, -0.05) is 0 Å². The first-order valence-electron chi connectivity index (χ1n) is 6.27. The van der Waals surface area contributed by atoms with Crippen LogP contribution in [0.4, 0.5) is 5.69 Å². The molecule has 1 aliphatic carbocycles. The van der Waals surface area contributed by atoms with Gasteiger partial charge in [0.05, 0.1) is 18.8 Å². The number of aliphatic carboxylic acids is 2. The molecule has 0 aromatic carbocycles. The smallest absolute Gasteiger partial charge is 0.550 e. The van der Waals surface area contributed by atoms with Gasteiger partial charge in [-0.2, -0.15) is 5.10 Å². The number of hydrogen-bond donors (Lipinski definition) is 0. The van der Waals surface area contributed by atoms with E-state index in [-0.39, 0.29) is 128 Å². The van der Waals surface area contributed by atoms with Gasteiger partial charge in [0, 0.05) is 29.5 Å². The van der Waals surface area contributed by atoms with E-state index < -0.39 is 23.8 Å². The van der Waals surface area contributed by atoms with Crippen molar-refractivity contribution in [3.05, 3.63) is 23.3 Å². The maximum Gasteiger partial charge on any atom is 1.00 e. The van der Waals surface area contributed by atoms with E-state index in [0.29, 0.717) is 11.4 Å². The van der Waals surface area contributed by atoms with Gasteiger partial charge in [-0.25, -0.2) is 4.85 Å². The van der Waals surface area contributed by atoms with Gasteiger partial charge in [-0.3, -0.25) is 4.68 Å². The number of hydrogen-bond acceptors (Lipinski definition) is 5. The first-order chi connectivity index (χ1) is 9.43. The molecule has 9 heteroatoms. The van der Waals surface area contributed by atoms with E-state index in [2.05, 4.69) is 9.94 Å². The molecule has 106 valence electrons. The summed E-state index contributed by atoms with van der Waals surface area (Å²) >= 11 is 0. The van der Waals surface area contributed by atoms with Gasteiger partial charge in [0.1, 0.15) is 0 Å². The van der Waals surface area contributed by atoms with E-state index in [1.54, 1.807) is 11.6 Å². The summed E-state index contributed by atoms with van der Waals surface area (Å²) in [6, 6.07) is -0.370. The summed E-state index contributed by atoms with van der Waals surface area (Å²) in [7, 11) is 0. The summed E-state index contributed by atoms with van der Waals surface area (Å²) in [4.78, 5) is 25.4. The van der Waals surface area contributed by atoms with Crippen molar-refractivity contribution < 1.29 is 123 Å². The van der Waals surface area contributed by atoms with E-state index >= 15 is 0 Å². The molecule has 2 unspecified atom stereocenters. The third-order valence-corrected chi connectivity index (χ3v) is 3.83. The van der Waals surface area contributed by atoms with Crippen molar-refractivity contribution in [2.45, 2.75) is 32.2 Å². The Labute approximate surface area is 213 Å². The molecule has 0 N–H and O–H groups in total. The Morgan fingerprint density at radius 2 is 1.73 bits per heavy atom. The fraction of sp³-hybridized carbons (Fsp3) is 0.538. The predicted octanol–water partition coefficient (Wildman–Crippen LogP) is -6.79. The third-order valence-electron chi connectivity index (χ3n) is 3.83. The Bertz CT molecular complexity index is 575. The molecule has 0 aliphatic heterocycles. The number of carbonyl (C=O) groups is 2. The van der Waals surface area contributed by atoms with Crippen LogP contribution in [-0.4, -0.2) is 21.7 Å². The second-order valence-electron chi connectivity index (χ2n) is 5.06. The molecule has 1 heterocycles. The summed E-state index contributed by atoms with van der Waals surface area (Å²) in [5.41, 5.74) is 0.992. The topological polar surface area (TPSA) is 102 Å². The van der Waals surface area contributed by atoms with Gasteiger partial charge < -0.3 is 19.8 Å². The molecule has 1 saturated carbocycles. The molecule has 2 atom stereocenters. The van der Waals surface area contributed by atoms with E-state index in [1.165, 1.54) is 6.20 Å². The molecule has 22 heavy (non-hydrogen) atoms. The van der Waals surface area contributed by atoms with Crippen LogP contribution in [-0.2, 0) is 9.59 Å². The summed E-state index contributed by atoms with van der Waals surface area (Å²) in [6.45, 7) is 8.70. The van der Waals surface area contributed by atoms with Crippen molar-refractivity contribution in [2.24, 2.45) is 11.8 Å². The van der Waals surface area contributed by atoms with Crippen LogP contribution in [0.1, 0.15) is 31.0 Å². The number of aromatic nitrogens is 2. The van der Waals surface area contributed by atoms with Gasteiger partial charge in [-0.05, 0) is 26.2 Å². The van der Waals surface area contributed by atoms with Gasteiger partial charge in [0.25, 0.3) is 0 Å². The number of carboxylic acid groups (broad SMARTS) is 2. The zero-order valence-corrected chi connectivity index (χ0v) is 19.2. The number of carbonyl (C=O) groups excluding carboxylic acids is 2. The van der Waals surface area contributed by atoms with Crippen LogP contribution in [0.15, 0.2) is 6.20 Å². The van der Waals surface area contributed by atoms with E-state index in [9.17, 15) is 19.8 Å². The number of rotatable bonds is 3. The largest absolute Gasteiger partial charge is 1.00 e. The molecule has 0 spiro atoms. The van der Waals surface area contributed by atoms with E-state index in [4.69, 9.17) is 6.57 Å². The van der Waals surface area contributed by atoms with Crippen LogP contribution in [0.2, 0.25) is 0 Å². The molecule has 1 aliphatic rings. The minimum absolute atomic E-state index is 0. The van der Waals surface area contributed by atoms with Gasteiger partial charge in [-0.15, -0.1) is 0 Å². The molecule has 1 aromatic rings. The molecule has 0 saturated heterocycles.